The zero-order valence-electron chi connectivity index (χ0n) is 21.2. The molecule has 0 fully saturated rings. The van der Waals surface area contributed by atoms with Crippen LogP contribution in [0.25, 0.3) is 11.3 Å². The fourth-order valence-corrected chi connectivity index (χ4v) is 4.33. The summed E-state index contributed by atoms with van der Waals surface area (Å²) in [6.45, 7) is 3.89. The summed E-state index contributed by atoms with van der Waals surface area (Å²) >= 11 is 0. The topological polar surface area (TPSA) is 143 Å². The van der Waals surface area contributed by atoms with E-state index in [-0.39, 0.29) is 18.2 Å². The van der Waals surface area contributed by atoms with Crippen molar-refractivity contribution in [2.75, 3.05) is 17.3 Å². The molecule has 4 amide bonds. The second kappa shape index (κ2) is 10.8. The van der Waals surface area contributed by atoms with Crippen LogP contribution in [0.5, 0.6) is 0 Å². The number of carbonyl (C=O) groups is 3. The fraction of sp³-hybridized carbons (Fsp3) is 0.333. The summed E-state index contributed by atoms with van der Waals surface area (Å²) in [5.74, 6) is 0.332. The molecular formula is C27H32N6O4. The van der Waals surface area contributed by atoms with E-state index in [4.69, 9.17) is 10.2 Å². The molecule has 1 atom stereocenters. The fourth-order valence-electron chi connectivity index (χ4n) is 4.33. The highest BCUT2D eigenvalue weighted by Crippen LogP contribution is 2.30. The van der Waals surface area contributed by atoms with Crippen molar-refractivity contribution >= 4 is 29.4 Å². The van der Waals surface area contributed by atoms with E-state index in [1.807, 2.05) is 48.5 Å². The van der Waals surface area contributed by atoms with Crippen LogP contribution in [0.15, 0.2) is 59.3 Å². The molecule has 0 aliphatic carbocycles. The number of carbonyl (C=O) groups excluding carboxylic acids is 3. The number of nitrogens with zero attached hydrogens (tertiary/aromatic N) is 2. The van der Waals surface area contributed by atoms with Gasteiger partial charge in [0.1, 0.15) is 6.04 Å². The number of benzene rings is 2. The van der Waals surface area contributed by atoms with E-state index in [2.05, 4.69) is 20.9 Å². The van der Waals surface area contributed by atoms with Crippen LogP contribution < -0.4 is 26.6 Å². The van der Waals surface area contributed by atoms with E-state index in [0.717, 1.165) is 22.4 Å². The van der Waals surface area contributed by atoms with Crippen LogP contribution in [0.4, 0.5) is 16.3 Å². The van der Waals surface area contributed by atoms with Crippen LogP contribution in [0.3, 0.4) is 0 Å². The number of hydrogen-bond acceptors (Lipinski definition) is 6. The highest BCUT2D eigenvalue weighted by atomic mass is 16.3. The molecule has 0 bridgehead atoms. The molecule has 0 radical (unpaired) electrons. The van der Waals surface area contributed by atoms with Crippen molar-refractivity contribution in [3.8, 4) is 11.3 Å². The van der Waals surface area contributed by atoms with Crippen molar-refractivity contribution in [2.45, 2.75) is 51.2 Å². The van der Waals surface area contributed by atoms with Crippen molar-refractivity contribution < 1.29 is 18.8 Å². The highest BCUT2D eigenvalue weighted by molar-refractivity contribution is 6.00. The summed E-state index contributed by atoms with van der Waals surface area (Å²) < 4.78 is 5.48. The van der Waals surface area contributed by atoms with Gasteiger partial charge in [-0.05, 0) is 43.9 Å². The van der Waals surface area contributed by atoms with Gasteiger partial charge in [0.2, 0.25) is 11.8 Å². The van der Waals surface area contributed by atoms with Crippen LogP contribution in [0, 0.1) is 0 Å². The lowest BCUT2D eigenvalue weighted by molar-refractivity contribution is -0.128. The quantitative estimate of drug-likeness (QED) is 0.389. The molecule has 0 unspecified atom stereocenters. The van der Waals surface area contributed by atoms with E-state index >= 15 is 0 Å². The van der Waals surface area contributed by atoms with Gasteiger partial charge in [-0.3, -0.25) is 14.9 Å². The lowest BCUT2D eigenvalue weighted by Gasteiger charge is -2.27. The molecule has 5 N–H and O–H groups in total. The maximum Gasteiger partial charge on any atom is 0.320 e. The third kappa shape index (κ3) is 6.34. The summed E-state index contributed by atoms with van der Waals surface area (Å²) in [7, 11) is 1.52. The van der Waals surface area contributed by atoms with E-state index in [0.29, 0.717) is 31.0 Å². The standard InChI is InChI=1S/C27H32N6O4/c1-27(2,28)14-22(34)31-20-13-12-18-6-4-5-7-21(18)33(25(20)35)15-17-8-10-19(11-9-17)23-24(30-16-37-23)32-26(36)29-3/h4-11,16,20H,12-15,28H2,1-3H3,(H,31,34)(H2,29,32,36)/t20-/m1/s1. The molecule has 0 saturated carbocycles. The predicted octanol–water partition coefficient (Wildman–Crippen LogP) is 3.18. The van der Waals surface area contributed by atoms with Gasteiger partial charge in [-0.2, -0.15) is 4.98 Å². The first-order valence-corrected chi connectivity index (χ1v) is 12.1. The molecule has 0 spiro atoms. The summed E-state index contributed by atoms with van der Waals surface area (Å²) in [6, 6.07) is 14.2. The molecule has 37 heavy (non-hydrogen) atoms. The van der Waals surface area contributed by atoms with Crippen molar-refractivity contribution in [1.82, 2.24) is 15.6 Å². The number of rotatable bonds is 7. The predicted molar refractivity (Wildman–Crippen MR) is 141 cm³/mol. The number of aromatic nitrogens is 1. The third-order valence-corrected chi connectivity index (χ3v) is 6.08. The van der Waals surface area contributed by atoms with Gasteiger partial charge in [-0.15, -0.1) is 0 Å². The largest absolute Gasteiger partial charge is 0.441 e. The first-order chi connectivity index (χ1) is 17.6. The number of oxazole rings is 1. The first-order valence-electron chi connectivity index (χ1n) is 12.1. The van der Waals surface area contributed by atoms with Gasteiger partial charge in [0.15, 0.2) is 18.0 Å². The molecule has 194 valence electrons. The molecular weight excluding hydrogens is 472 g/mol. The lowest BCUT2D eigenvalue weighted by atomic mass is 10.0. The Morgan fingerprint density at radius 1 is 1.16 bits per heavy atom. The summed E-state index contributed by atoms with van der Waals surface area (Å²) in [5, 5.41) is 8.01. The van der Waals surface area contributed by atoms with Gasteiger partial charge in [0, 0.05) is 30.3 Å². The zero-order valence-corrected chi connectivity index (χ0v) is 21.2. The molecule has 2 heterocycles. The number of aryl methyl sites for hydroxylation is 1. The van der Waals surface area contributed by atoms with Gasteiger partial charge in [-0.1, -0.05) is 42.5 Å². The number of nitrogens with two attached hydrogens (primary N) is 1. The monoisotopic (exact) mass is 504 g/mol. The van der Waals surface area contributed by atoms with Crippen molar-refractivity contribution in [1.29, 1.82) is 0 Å². The molecule has 3 aromatic rings. The maximum atomic E-state index is 13.7. The van der Waals surface area contributed by atoms with Gasteiger partial charge < -0.3 is 25.7 Å². The van der Waals surface area contributed by atoms with Crippen molar-refractivity contribution in [3.63, 3.8) is 0 Å². The van der Waals surface area contributed by atoms with Crippen LogP contribution in [-0.4, -0.2) is 41.5 Å². The normalized spacial score (nSPS) is 15.5. The number of nitrogens with one attached hydrogen (secondary N) is 3. The van der Waals surface area contributed by atoms with Crippen molar-refractivity contribution in [3.05, 3.63) is 66.1 Å². The number of hydrogen-bond donors (Lipinski definition) is 4. The number of fused-ring (bicyclic) bond motifs is 1. The Kier molecular flexibility index (Phi) is 7.58. The summed E-state index contributed by atoms with van der Waals surface area (Å²) in [6.07, 6.45) is 2.57. The molecule has 10 heteroatoms. The minimum absolute atomic E-state index is 0.129. The van der Waals surface area contributed by atoms with Crippen LogP contribution in [0.1, 0.15) is 37.8 Å². The Hall–Kier alpha value is -4.18. The van der Waals surface area contributed by atoms with E-state index < -0.39 is 17.6 Å². The Bertz CT molecular complexity index is 1280. The molecule has 10 nitrogen and oxygen atoms in total. The Morgan fingerprint density at radius 2 is 1.89 bits per heavy atom. The maximum absolute atomic E-state index is 13.7. The van der Waals surface area contributed by atoms with Crippen LogP contribution in [-0.2, 0) is 22.6 Å². The molecule has 4 rings (SSSR count). The average molecular weight is 505 g/mol. The van der Waals surface area contributed by atoms with E-state index in [1.165, 1.54) is 13.4 Å². The van der Waals surface area contributed by atoms with E-state index in [9.17, 15) is 14.4 Å². The molecule has 0 saturated heterocycles. The SMILES string of the molecule is CNC(=O)Nc1ncoc1-c1ccc(CN2C(=O)[C@H](NC(=O)CC(C)(C)N)CCc3ccccc32)cc1. The highest BCUT2D eigenvalue weighted by Gasteiger charge is 2.32. The molecule has 1 aliphatic rings. The number of anilines is 2. The van der Waals surface area contributed by atoms with E-state index in [1.54, 1.807) is 18.7 Å². The van der Waals surface area contributed by atoms with Gasteiger partial charge in [0.05, 0.1) is 6.54 Å². The Morgan fingerprint density at radius 3 is 2.59 bits per heavy atom. The van der Waals surface area contributed by atoms with Crippen molar-refractivity contribution in [2.24, 2.45) is 5.73 Å². The third-order valence-electron chi connectivity index (χ3n) is 6.08. The summed E-state index contributed by atoms with van der Waals surface area (Å²) in [5.41, 5.74) is 8.84. The first kappa shape index (κ1) is 25.9. The Labute approximate surface area is 215 Å². The van der Waals surface area contributed by atoms with Crippen LogP contribution in [0.2, 0.25) is 0 Å². The number of amides is 4. The minimum atomic E-state index is -0.665. The molecule has 1 aliphatic heterocycles. The van der Waals surface area contributed by atoms with Gasteiger partial charge in [0.25, 0.3) is 0 Å². The van der Waals surface area contributed by atoms with Gasteiger partial charge >= 0.3 is 6.03 Å². The second-order valence-corrected chi connectivity index (χ2v) is 9.81. The average Bonchev–Trinajstić information content (AvgIpc) is 3.27. The van der Waals surface area contributed by atoms with Gasteiger partial charge in [-0.25, -0.2) is 4.79 Å². The lowest BCUT2D eigenvalue weighted by Crippen LogP contribution is -2.49. The molecule has 2 aromatic carbocycles. The van der Waals surface area contributed by atoms with Crippen LogP contribution >= 0.6 is 0 Å². The molecule has 1 aromatic heterocycles. The Balaban J connectivity index is 1.56. The number of para-hydroxylation sites is 1. The minimum Gasteiger partial charge on any atom is -0.441 e. The smallest absolute Gasteiger partial charge is 0.320 e. The second-order valence-electron chi connectivity index (χ2n) is 9.81. The zero-order chi connectivity index (χ0) is 26.6. The summed E-state index contributed by atoms with van der Waals surface area (Å²) in [4.78, 5) is 43.7. The number of urea groups is 1.